The molecular formula is C15H18N2O3S. The van der Waals surface area contributed by atoms with Gasteiger partial charge in [0.2, 0.25) is 0 Å². The Morgan fingerprint density at radius 1 is 1.29 bits per heavy atom. The molecule has 1 heterocycles. The number of ether oxygens (including phenoxy) is 1. The van der Waals surface area contributed by atoms with Crippen LogP contribution in [0.2, 0.25) is 0 Å². The fourth-order valence-electron chi connectivity index (χ4n) is 1.93. The zero-order valence-corrected chi connectivity index (χ0v) is 13.1. The smallest absolute Gasteiger partial charge is 0.266 e. The van der Waals surface area contributed by atoms with Crippen molar-refractivity contribution in [1.29, 1.82) is 0 Å². The van der Waals surface area contributed by atoms with E-state index in [1.807, 2.05) is 13.0 Å². The van der Waals surface area contributed by atoms with Crippen LogP contribution in [0.5, 0.6) is 5.75 Å². The van der Waals surface area contributed by atoms with Gasteiger partial charge in [0.05, 0.1) is 7.11 Å². The van der Waals surface area contributed by atoms with Crippen molar-refractivity contribution in [3.05, 3.63) is 47.7 Å². The summed E-state index contributed by atoms with van der Waals surface area (Å²) in [4.78, 5) is 4.18. The minimum atomic E-state index is -3.75. The van der Waals surface area contributed by atoms with Gasteiger partial charge in [0, 0.05) is 6.20 Å². The Bertz CT molecular complexity index is 742. The van der Waals surface area contributed by atoms with E-state index in [9.17, 15) is 8.42 Å². The quantitative estimate of drug-likeness (QED) is 0.922. The predicted molar refractivity (Wildman–Crippen MR) is 82.2 cm³/mol. The minimum absolute atomic E-state index is 0.120. The summed E-state index contributed by atoms with van der Waals surface area (Å²) < 4.78 is 32.8. The summed E-state index contributed by atoms with van der Waals surface area (Å²) in [7, 11) is -2.30. The third-order valence-electron chi connectivity index (χ3n) is 3.17. The molecule has 0 saturated carbocycles. The van der Waals surface area contributed by atoms with Crippen LogP contribution in [0.3, 0.4) is 0 Å². The number of aryl methyl sites for hydroxylation is 2. The van der Waals surface area contributed by atoms with Crippen molar-refractivity contribution < 1.29 is 13.2 Å². The van der Waals surface area contributed by atoms with Gasteiger partial charge in [-0.2, -0.15) is 0 Å². The summed E-state index contributed by atoms with van der Waals surface area (Å²) in [5, 5.41) is 0. The number of hydrogen-bond acceptors (Lipinski definition) is 4. The molecule has 0 unspecified atom stereocenters. The second-order valence-electron chi connectivity index (χ2n) is 4.61. The molecule has 0 saturated heterocycles. The molecule has 6 heteroatoms. The second-order valence-corrected chi connectivity index (χ2v) is 6.26. The van der Waals surface area contributed by atoms with Gasteiger partial charge in [-0.1, -0.05) is 19.1 Å². The third kappa shape index (κ3) is 3.33. The largest absolute Gasteiger partial charge is 0.495 e. The van der Waals surface area contributed by atoms with Crippen LogP contribution in [0.1, 0.15) is 18.1 Å². The first-order chi connectivity index (χ1) is 9.97. The van der Waals surface area contributed by atoms with Crippen LogP contribution < -0.4 is 9.46 Å². The highest BCUT2D eigenvalue weighted by molar-refractivity contribution is 7.92. The van der Waals surface area contributed by atoms with Crippen molar-refractivity contribution in [3.8, 4) is 5.75 Å². The summed E-state index contributed by atoms with van der Waals surface area (Å²) >= 11 is 0. The Morgan fingerprint density at radius 2 is 2.05 bits per heavy atom. The zero-order valence-electron chi connectivity index (χ0n) is 12.3. The molecule has 0 atom stereocenters. The van der Waals surface area contributed by atoms with Crippen molar-refractivity contribution >= 4 is 15.8 Å². The topological polar surface area (TPSA) is 68.3 Å². The summed E-state index contributed by atoms with van der Waals surface area (Å²) in [6.07, 6.45) is 2.29. The van der Waals surface area contributed by atoms with E-state index in [-0.39, 0.29) is 4.90 Å². The van der Waals surface area contributed by atoms with Crippen molar-refractivity contribution in [3.63, 3.8) is 0 Å². The molecule has 112 valence electrons. The van der Waals surface area contributed by atoms with E-state index in [4.69, 9.17) is 4.74 Å². The number of aromatic nitrogens is 1. The molecule has 5 nitrogen and oxygen atoms in total. The molecule has 1 aromatic heterocycles. The molecule has 0 aliphatic carbocycles. The standard InChI is InChI=1S/C15H18N2O3S/c1-4-12-7-8-13(20-3)14(10-12)21(18,19)17-15-11(2)6-5-9-16-15/h5-10H,4H2,1-3H3,(H,16,17). The molecule has 21 heavy (non-hydrogen) atoms. The maximum Gasteiger partial charge on any atom is 0.266 e. The lowest BCUT2D eigenvalue weighted by Crippen LogP contribution is -2.16. The zero-order chi connectivity index (χ0) is 15.5. The first-order valence-electron chi connectivity index (χ1n) is 6.59. The summed E-state index contributed by atoms with van der Waals surface area (Å²) in [6, 6.07) is 8.69. The van der Waals surface area contributed by atoms with Crippen LogP contribution in [0.4, 0.5) is 5.82 Å². The summed E-state index contributed by atoms with van der Waals surface area (Å²) in [6.45, 7) is 3.76. The fraction of sp³-hybridized carbons (Fsp3) is 0.267. The number of sulfonamides is 1. The lowest BCUT2D eigenvalue weighted by Gasteiger charge is -2.13. The van der Waals surface area contributed by atoms with E-state index >= 15 is 0 Å². The number of nitrogens with zero attached hydrogens (tertiary/aromatic N) is 1. The normalized spacial score (nSPS) is 11.2. The predicted octanol–water partition coefficient (Wildman–Crippen LogP) is 2.76. The Labute approximate surface area is 125 Å². The monoisotopic (exact) mass is 306 g/mol. The molecule has 2 aromatic rings. The number of nitrogens with one attached hydrogen (secondary N) is 1. The Morgan fingerprint density at radius 3 is 2.67 bits per heavy atom. The van der Waals surface area contributed by atoms with Crippen molar-refractivity contribution in [1.82, 2.24) is 4.98 Å². The Hall–Kier alpha value is -2.08. The van der Waals surface area contributed by atoms with Gasteiger partial charge < -0.3 is 4.74 Å². The maximum absolute atomic E-state index is 12.6. The van der Waals surface area contributed by atoms with Crippen LogP contribution in [-0.2, 0) is 16.4 Å². The molecule has 0 radical (unpaired) electrons. The molecule has 0 aliphatic heterocycles. The van der Waals surface area contributed by atoms with Gasteiger partial charge in [-0.3, -0.25) is 4.72 Å². The fourth-order valence-corrected chi connectivity index (χ4v) is 3.23. The second kappa shape index (κ2) is 6.13. The van der Waals surface area contributed by atoms with Crippen LogP contribution in [-0.4, -0.2) is 20.5 Å². The van der Waals surface area contributed by atoms with E-state index in [1.165, 1.54) is 7.11 Å². The van der Waals surface area contributed by atoms with Crippen LogP contribution >= 0.6 is 0 Å². The molecule has 0 bridgehead atoms. The molecule has 2 rings (SSSR count). The van der Waals surface area contributed by atoms with Gasteiger partial charge in [0.15, 0.2) is 0 Å². The number of rotatable bonds is 5. The Balaban J connectivity index is 2.46. The number of methoxy groups -OCH3 is 1. The number of benzene rings is 1. The van der Waals surface area contributed by atoms with Crippen LogP contribution in [0.25, 0.3) is 0 Å². The molecule has 0 aliphatic rings. The van der Waals surface area contributed by atoms with Gasteiger partial charge in [0.1, 0.15) is 16.5 Å². The average molecular weight is 306 g/mol. The molecular weight excluding hydrogens is 288 g/mol. The van der Waals surface area contributed by atoms with Crippen molar-refractivity contribution in [2.24, 2.45) is 0 Å². The van der Waals surface area contributed by atoms with Gasteiger partial charge >= 0.3 is 0 Å². The molecule has 1 N–H and O–H groups in total. The van der Waals surface area contributed by atoms with E-state index in [0.29, 0.717) is 11.6 Å². The van der Waals surface area contributed by atoms with Gasteiger partial charge in [0.25, 0.3) is 10.0 Å². The third-order valence-corrected chi connectivity index (χ3v) is 4.53. The van der Waals surface area contributed by atoms with Crippen molar-refractivity contribution in [2.45, 2.75) is 25.2 Å². The van der Waals surface area contributed by atoms with Gasteiger partial charge in [-0.25, -0.2) is 13.4 Å². The van der Waals surface area contributed by atoms with Crippen molar-refractivity contribution in [2.75, 3.05) is 11.8 Å². The minimum Gasteiger partial charge on any atom is -0.495 e. The maximum atomic E-state index is 12.6. The highest BCUT2D eigenvalue weighted by Gasteiger charge is 2.21. The average Bonchev–Trinajstić information content (AvgIpc) is 2.48. The number of pyridine rings is 1. The Kier molecular flexibility index (Phi) is 4.47. The first kappa shape index (κ1) is 15.3. The van der Waals surface area contributed by atoms with Gasteiger partial charge in [-0.05, 0) is 42.7 Å². The molecule has 0 spiro atoms. The van der Waals surface area contributed by atoms with Crippen LogP contribution in [0.15, 0.2) is 41.4 Å². The van der Waals surface area contributed by atoms with Crippen LogP contribution in [0, 0.1) is 6.92 Å². The SMILES string of the molecule is CCc1ccc(OC)c(S(=O)(=O)Nc2ncccc2C)c1. The summed E-state index contributed by atoms with van der Waals surface area (Å²) in [5.41, 5.74) is 1.68. The van der Waals surface area contributed by atoms with E-state index in [1.54, 1.807) is 37.4 Å². The number of anilines is 1. The van der Waals surface area contributed by atoms with E-state index in [0.717, 1.165) is 17.5 Å². The van der Waals surface area contributed by atoms with Gasteiger partial charge in [-0.15, -0.1) is 0 Å². The molecule has 0 amide bonds. The van der Waals surface area contributed by atoms with E-state index in [2.05, 4.69) is 9.71 Å². The first-order valence-corrected chi connectivity index (χ1v) is 8.07. The highest BCUT2D eigenvalue weighted by atomic mass is 32.2. The lowest BCUT2D eigenvalue weighted by atomic mass is 10.2. The number of hydrogen-bond donors (Lipinski definition) is 1. The van der Waals surface area contributed by atoms with E-state index < -0.39 is 10.0 Å². The molecule has 0 fully saturated rings. The highest BCUT2D eigenvalue weighted by Crippen LogP contribution is 2.27. The summed E-state index contributed by atoms with van der Waals surface area (Å²) in [5.74, 6) is 0.634. The molecule has 1 aromatic carbocycles. The lowest BCUT2D eigenvalue weighted by molar-refractivity contribution is 0.402.